The molecule has 1 aromatic carbocycles. The van der Waals surface area contributed by atoms with Gasteiger partial charge in [0.1, 0.15) is 5.60 Å². The standard InChI is InChI=1S/C22H28N6O3/c1-22(2,3)31-21(30)24-12-17-6-5-16(11-15(17)8-10-29)19-7-9-23-20(27-19)26-18-13-25-28(4)14-18/h5-7,9,11,13-14,29H,8,10,12H2,1-4H3,(H,24,30)(H,23,26,27). The van der Waals surface area contributed by atoms with Gasteiger partial charge in [-0.2, -0.15) is 5.10 Å². The molecule has 0 radical (unpaired) electrons. The van der Waals surface area contributed by atoms with Gasteiger partial charge in [-0.1, -0.05) is 12.1 Å². The summed E-state index contributed by atoms with van der Waals surface area (Å²) in [7, 11) is 1.84. The summed E-state index contributed by atoms with van der Waals surface area (Å²) in [5.74, 6) is 0.463. The predicted molar refractivity (Wildman–Crippen MR) is 118 cm³/mol. The number of aliphatic hydroxyl groups is 1. The fourth-order valence-electron chi connectivity index (χ4n) is 2.99. The van der Waals surface area contributed by atoms with Gasteiger partial charge in [0, 0.05) is 38.2 Å². The molecule has 0 spiro atoms. The van der Waals surface area contributed by atoms with Gasteiger partial charge < -0.3 is 20.5 Å². The smallest absolute Gasteiger partial charge is 0.407 e. The number of benzene rings is 1. The molecule has 0 aliphatic heterocycles. The van der Waals surface area contributed by atoms with Crippen LogP contribution in [0.4, 0.5) is 16.4 Å². The number of aryl methyl sites for hydroxylation is 1. The van der Waals surface area contributed by atoms with Crippen LogP contribution in [0.3, 0.4) is 0 Å². The van der Waals surface area contributed by atoms with Gasteiger partial charge in [0.15, 0.2) is 0 Å². The lowest BCUT2D eigenvalue weighted by Crippen LogP contribution is -2.32. The molecule has 2 aromatic heterocycles. The van der Waals surface area contributed by atoms with Crippen LogP contribution in [0.25, 0.3) is 11.3 Å². The van der Waals surface area contributed by atoms with Crippen molar-refractivity contribution in [3.05, 3.63) is 54.0 Å². The summed E-state index contributed by atoms with van der Waals surface area (Å²) in [6, 6.07) is 7.65. The number of carbonyl (C=O) groups excluding carboxylic acids is 1. The summed E-state index contributed by atoms with van der Waals surface area (Å²) in [5.41, 5.74) is 3.71. The van der Waals surface area contributed by atoms with Gasteiger partial charge in [-0.25, -0.2) is 14.8 Å². The van der Waals surface area contributed by atoms with Crippen molar-refractivity contribution in [1.82, 2.24) is 25.1 Å². The number of aliphatic hydroxyl groups excluding tert-OH is 1. The van der Waals surface area contributed by atoms with E-state index in [1.165, 1.54) is 0 Å². The first-order valence-corrected chi connectivity index (χ1v) is 10.0. The highest BCUT2D eigenvalue weighted by molar-refractivity contribution is 5.68. The average Bonchev–Trinajstić information content (AvgIpc) is 3.10. The Labute approximate surface area is 181 Å². The van der Waals surface area contributed by atoms with Crippen molar-refractivity contribution in [2.75, 3.05) is 11.9 Å². The molecule has 3 rings (SSSR count). The second-order valence-electron chi connectivity index (χ2n) is 8.11. The second kappa shape index (κ2) is 9.57. The van der Waals surface area contributed by atoms with Gasteiger partial charge in [0.25, 0.3) is 0 Å². The lowest BCUT2D eigenvalue weighted by Gasteiger charge is -2.20. The number of rotatable bonds is 7. The van der Waals surface area contributed by atoms with E-state index in [0.717, 1.165) is 28.1 Å². The third kappa shape index (κ3) is 6.51. The number of alkyl carbamates (subject to hydrolysis) is 1. The molecule has 0 aliphatic carbocycles. The van der Waals surface area contributed by atoms with Gasteiger partial charge in [-0.05, 0) is 50.5 Å². The molecule has 0 atom stereocenters. The van der Waals surface area contributed by atoms with Gasteiger partial charge in [0.2, 0.25) is 5.95 Å². The maximum Gasteiger partial charge on any atom is 0.407 e. The lowest BCUT2D eigenvalue weighted by atomic mass is 10.00. The number of ether oxygens (including phenoxy) is 1. The zero-order valence-electron chi connectivity index (χ0n) is 18.2. The van der Waals surface area contributed by atoms with Crippen LogP contribution in [0.2, 0.25) is 0 Å². The Kier molecular flexibility index (Phi) is 6.86. The van der Waals surface area contributed by atoms with E-state index in [0.29, 0.717) is 18.9 Å². The van der Waals surface area contributed by atoms with E-state index in [4.69, 9.17) is 4.74 Å². The molecule has 0 saturated heterocycles. The molecule has 2 heterocycles. The molecule has 3 aromatic rings. The number of aromatic nitrogens is 4. The van der Waals surface area contributed by atoms with Crippen LogP contribution in [0.5, 0.6) is 0 Å². The van der Waals surface area contributed by atoms with Crippen LogP contribution < -0.4 is 10.6 Å². The van der Waals surface area contributed by atoms with E-state index >= 15 is 0 Å². The Morgan fingerprint density at radius 3 is 2.71 bits per heavy atom. The van der Waals surface area contributed by atoms with Crippen LogP contribution >= 0.6 is 0 Å². The number of hydrogen-bond donors (Lipinski definition) is 3. The molecule has 0 bridgehead atoms. The topological polar surface area (TPSA) is 114 Å². The summed E-state index contributed by atoms with van der Waals surface area (Å²) in [5, 5.41) is 19.5. The van der Waals surface area contributed by atoms with Crippen LogP contribution in [0, 0.1) is 0 Å². The van der Waals surface area contributed by atoms with Crippen molar-refractivity contribution in [2.45, 2.75) is 39.3 Å². The van der Waals surface area contributed by atoms with Crippen molar-refractivity contribution in [3.8, 4) is 11.3 Å². The van der Waals surface area contributed by atoms with Crippen LogP contribution in [0.15, 0.2) is 42.9 Å². The minimum atomic E-state index is -0.559. The van der Waals surface area contributed by atoms with E-state index in [1.807, 2.05) is 58.3 Å². The summed E-state index contributed by atoms with van der Waals surface area (Å²) in [4.78, 5) is 20.8. The Morgan fingerprint density at radius 1 is 1.23 bits per heavy atom. The first kappa shape index (κ1) is 22.2. The number of hydrogen-bond acceptors (Lipinski definition) is 7. The van der Waals surface area contributed by atoms with E-state index in [2.05, 4.69) is 25.7 Å². The van der Waals surface area contributed by atoms with Crippen molar-refractivity contribution >= 4 is 17.7 Å². The summed E-state index contributed by atoms with van der Waals surface area (Å²) in [6.45, 7) is 5.76. The molecule has 1 amide bonds. The molecule has 3 N–H and O–H groups in total. The summed E-state index contributed by atoms with van der Waals surface area (Å²) in [6.07, 6.45) is 5.20. The first-order chi connectivity index (χ1) is 14.7. The monoisotopic (exact) mass is 424 g/mol. The Bertz CT molecular complexity index is 1040. The number of nitrogens with one attached hydrogen (secondary N) is 2. The van der Waals surface area contributed by atoms with Crippen molar-refractivity contribution < 1.29 is 14.6 Å². The van der Waals surface area contributed by atoms with Crippen molar-refractivity contribution in [1.29, 1.82) is 0 Å². The van der Waals surface area contributed by atoms with Crippen LogP contribution in [-0.2, 0) is 24.8 Å². The molecule has 9 heteroatoms. The largest absolute Gasteiger partial charge is 0.444 e. The van der Waals surface area contributed by atoms with Crippen molar-refractivity contribution in [2.24, 2.45) is 7.05 Å². The minimum absolute atomic E-state index is 0.000474. The van der Waals surface area contributed by atoms with Gasteiger partial charge in [-0.3, -0.25) is 4.68 Å². The maximum absolute atomic E-state index is 12.0. The molecule has 164 valence electrons. The van der Waals surface area contributed by atoms with E-state index < -0.39 is 11.7 Å². The Hall–Kier alpha value is -3.46. The van der Waals surface area contributed by atoms with Crippen molar-refractivity contribution in [3.63, 3.8) is 0 Å². The number of amides is 1. The van der Waals surface area contributed by atoms with Gasteiger partial charge in [0.05, 0.1) is 17.6 Å². The number of anilines is 2. The third-order valence-electron chi connectivity index (χ3n) is 4.32. The highest BCUT2D eigenvalue weighted by atomic mass is 16.6. The predicted octanol–water partition coefficient (Wildman–Crippen LogP) is 3.18. The molecule has 0 unspecified atom stereocenters. The van der Waals surface area contributed by atoms with Crippen LogP contribution in [-0.4, -0.2) is 43.2 Å². The third-order valence-corrected chi connectivity index (χ3v) is 4.32. The zero-order valence-corrected chi connectivity index (χ0v) is 18.2. The average molecular weight is 425 g/mol. The fourth-order valence-corrected chi connectivity index (χ4v) is 2.99. The summed E-state index contributed by atoms with van der Waals surface area (Å²) >= 11 is 0. The first-order valence-electron chi connectivity index (χ1n) is 10.0. The number of nitrogens with zero attached hydrogens (tertiary/aromatic N) is 4. The highest BCUT2D eigenvalue weighted by Crippen LogP contribution is 2.23. The number of carbonyl (C=O) groups is 1. The molecule has 9 nitrogen and oxygen atoms in total. The fraction of sp³-hybridized carbons (Fsp3) is 0.364. The van der Waals surface area contributed by atoms with E-state index in [9.17, 15) is 9.90 Å². The SMILES string of the molecule is Cn1cc(Nc2nccc(-c3ccc(CNC(=O)OC(C)(C)C)c(CCO)c3)n2)cn1. The quantitative estimate of drug-likeness (QED) is 0.534. The maximum atomic E-state index is 12.0. The van der Waals surface area contributed by atoms with Crippen LogP contribution in [0.1, 0.15) is 31.9 Å². The Morgan fingerprint density at radius 2 is 2.03 bits per heavy atom. The Balaban J connectivity index is 1.77. The van der Waals surface area contributed by atoms with E-state index in [1.54, 1.807) is 17.1 Å². The molecular formula is C22H28N6O3. The van der Waals surface area contributed by atoms with E-state index in [-0.39, 0.29) is 6.61 Å². The normalized spacial score (nSPS) is 11.3. The summed E-state index contributed by atoms with van der Waals surface area (Å²) < 4.78 is 6.98. The molecule has 0 fully saturated rings. The van der Waals surface area contributed by atoms with Gasteiger partial charge >= 0.3 is 6.09 Å². The molecular weight excluding hydrogens is 396 g/mol. The highest BCUT2D eigenvalue weighted by Gasteiger charge is 2.16. The minimum Gasteiger partial charge on any atom is -0.444 e. The molecule has 0 saturated carbocycles. The van der Waals surface area contributed by atoms with Gasteiger partial charge in [-0.15, -0.1) is 0 Å². The second-order valence-corrected chi connectivity index (χ2v) is 8.11. The lowest BCUT2D eigenvalue weighted by molar-refractivity contribution is 0.0523. The zero-order chi connectivity index (χ0) is 22.4. The molecule has 0 aliphatic rings. The molecule has 31 heavy (non-hydrogen) atoms.